The summed E-state index contributed by atoms with van der Waals surface area (Å²) in [6.45, 7) is 5.08. The van der Waals surface area contributed by atoms with E-state index >= 15 is 0 Å². The van der Waals surface area contributed by atoms with Gasteiger partial charge in [-0.25, -0.2) is 14.9 Å². The average molecular weight is 462 g/mol. The molecule has 0 aromatic heterocycles. The molecule has 0 bridgehead atoms. The van der Waals surface area contributed by atoms with E-state index in [0.29, 0.717) is 5.01 Å². The van der Waals surface area contributed by atoms with E-state index in [1.165, 1.54) is 12.1 Å². The maximum Gasteiger partial charge on any atom is 0.408 e. The fraction of sp³-hybridized carbons (Fsp3) is 0.231. The van der Waals surface area contributed by atoms with Gasteiger partial charge in [0.15, 0.2) is 5.03 Å². The number of para-hydroxylation sites is 1. The molecule has 0 saturated carbocycles. The number of anilines is 1. The largest absolute Gasteiger partial charge is 0.444 e. The third kappa shape index (κ3) is 6.65. The highest BCUT2D eigenvalue weighted by atomic mass is 16.7. The first-order valence-corrected chi connectivity index (χ1v) is 10.8. The Morgan fingerprint density at radius 3 is 1.97 bits per heavy atom. The van der Waals surface area contributed by atoms with E-state index < -0.39 is 28.7 Å². The van der Waals surface area contributed by atoms with Crippen molar-refractivity contribution in [2.45, 2.75) is 38.8 Å². The molecule has 0 heterocycles. The topological polar surface area (TPSA) is 102 Å². The Morgan fingerprint density at radius 1 is 0.912 bits per heavy atom. The first-order chi connectivity index (χ1) is 16.1. The van der Waals surface area contributed by atoms with Crippen LogP contribution in [0.4, 0.5) is 10.5 Å². The van der Waals surface area contributed by atoms with Crippen molar-refractivity contribution in [1.82, 2.24) is 5.32 Å². The van der Waals surface area contributed by atoms with Gasteiger partial charge in [-0.1, -0.05) is 72.8 Å². The molecule has 8 heteroatoms. The Hall–Kier alpha value is -4.20. The molecule has 0 aliphatic rings. The number of nitro groups is 1. The van der Waals surface area contributed by atoms with Gasteiger partial charge in [-0.05, 0) is 54.6 Å². The fourth-order valence-corrected chi connectivity index (χ4v) is 3.37. The molecular weight excluding hydrogens is 434 g/mol. The molecule has 3 aromatic carbocycles. The number of alkyl carbamates (subject to hydrolysis) is 1. The van der Waals surface area contributed by atoms with Crippen molar-refractivity contribution in [3.8, 4) is 11.1 Å². The zero-order valence-electron chi connectivity index (χ0n) is 19.3. The summed E-state index contributed by atoms with van der Waals surface area (Å²) in [5, 5.41) is 14.0. The monoisotopic (exact) mass is 461 g/mol. The number of nitrogens with one attached hydrogen (secondary N) is 1. The molecule has 3 aromatic rings. The maximum absolute atomic E-state index is 13.3. The van der Waals surface area contributed by atoms with Crippen molar-refractivity contribution in [2.24, 2.45) is 0 Å². The Morgan fingerprint density at radius 2 is 1.44 bits per heavy atom. The molecule has 0 fully saturated rings. The molecule has 2 amide bonds. The Bertz CT molecular complexity index is 1130. The number of benzene rings is 3. The quantitative estimate of drug-likeness (QED) is 0.393. The van der Waals surface area contributed by atoms with Gasteiger partial charge in [0.2, 0.25) is 0 Å². The highest BCUT2D eigenvalue weighted by Gasteiger charge is 2.35. The number of amides is 2. The number of rotatable bonds is 7. The maximum atomic E-state index is 13.3. The van der Waals surface area contributed by atoms with E-state index in [-0.39, 0.29) is 12.1 Å². The van der Waals surface area contributed by atoms with Crippen molar-refractivity contribution in [2.75, 3.05) is 5.01 Å². The lowest BCUT2D eigenvalue weighted by Crippen LogP contribution is -2.52. The number of ether oxygens (including phenoxy) is 1. The Kier molecular flexibility index (Phi) is 7.63. The van der Waals surface area contributed by atoms with Gasteiger partial charge in [0.05, 0.1) is 0 Å². The summed E-state index contributed by atoms with van der Waals surface area (Å²) in [6, 6.07) is 23.8. The van der Waals surface area contributed by atoms with Crippen LogP contribution in [-0.4, -0.2) is 28.7 Å². The van der Waals surface area contributed by atoms with Crippen LogP contribution in [0.5, 0.6) is 0 Å². The van der Waals surface area contributed by atoms with Crippen LogP contribution >= 0.6 is 0 Å². The van der Waals surface area contributed by atoms with Crippen molar-refractivity contribution < 1.29 is 19.4 Å². The third-order valence-corrected chi connectivity index (χ3v) is 4.86. The molecule has 0 aliphatic heterocycles. The van der Waals surface area contributed by atoms with Crippen LogP contribution in [-0.2, 0) is 16.0 Å². The minimum Gasteiger partial charge on any atom is -0.444 e. The summed E-state index contributed by atoms with van der Waals surface area (Å²) < 4.78 is 5.29. The number of hydrogen-bond acceptors (Lipinski definition) is 5. The predicted octanol–water partition coefficient (Wildman–Crippen LogP) is 5.01. The number of hydrogen-bond donors (Lipinski definition) is 1. The third-order valence-electron chi connectivity index (χ3n) is 4.86. The van der Waals surface area contributed by atoms with Crippen molar-refractivity contribution in [1.29, 1.82) is 0 Å². The van der Waals surface area contributed by atoms with E-state index in [2.05, 4.69) is 5.32 Å². The molecule has 0 spiro atoms. The number of hydrazine groups is 1. The van der Waals surface area contributed by atoms with Gasteiger partial charge in [0, 0.05) is 6.42 Å². The molecule has 176 valence electrons. The first kappa shape index (κ1) is 24.4. The molecule has 34 heavy (non-hydrogen) atoms. The standard InChI is InChI=1S/C26H27N3O5/c1-26(2,3)34-25(31)27-23(24(30)28(29(32)33)22-12-8-5-9-13-22)18-19-14-16-21(17-15-19)20-10-6-4-7-11-20/h4-17,23H,18H2,1-3H3,(H,27,31). The summed E-state index contributed by atoms with van der Waals surface area (Å²) in [5.41, 5.74) is 2.05. The zero-order chi connectivity index (χ0) is 24.7. The van der Waals surface area contributed by atoms with Gasteiger partial charge >= 0.3 is 12.0 Å². The second-order valence-corrected chi connectivity index (χ2v) is 8.69. The molecule has 3 rings (SSSR count). The lowest BCUT2D eigenvalue weighted by molar-refractivity contribution is -0.484. The summed E-state index contributed by atoms with van der Waals surface area (Å²) in [6.07, 6.45) is -0.784. The van der Waals surface area contributed by atoms with Crippen LogP contribution < -0.4 is 10.3 Å². The minimum atomic E-state index is -1.22. The van der Waals surface area contributed by atoms with Gasteiger partial charge in [0.25, 0.3) is 0 Å². The van der Waals surface area contributed by atoms with E-state index in [9.17, 15) is 19.7 Å². The zero-order valence-corrected chi connectivity index (χ0v) is 19.3. The van der Waals surface area contributed by atoms with Crippen LogP contribution in [0.15, 0.2) is 84.9 Å². The molecule has 1 N–H and O–H groups in total. The number of carbonyl (C=O) groups excluding carboxylic acids is 2. The summed E-state index contributed by atoms with van der Waals surface area (Å²) in [5.74, 6) is -0.880. The van der Waals surface area contributed by atoms with E-state index in [1.807, 2.05) is 54.6 Å². The Labute approximate surface area is 198 Å². The van der Waals surface area contributed by atoms with Crippen LogP contribution in [0.25, 0.3) is 11.1 Å². The van der Waals surface area contributed by atoms with E-state index in [4.69, 9.17) is 4.74 Å². The number of nitrogens with zero attached hydrogens (tertiary/aromatic N) is 2. The summed E-state index contributed by atoms with van der Waals surface area (Å²) in [7, 11) is 0. The predicted molar refractivity (Wildman–Crippen MR) is 130 cm³/mol. The summed E-state index contributed by atoms with van der Waals surface area (Å²) in [4.78, 5) is 37.5. The van der Waals surface area contributed by atoms with Gasteiger partial charge in [-0.15, -0.1) is 0 Å². The van der Waals surface area contributed by atoms with Gasteiger partial charge in [-0.3, -0.25) is 4.79 Å². The van der Waals surface area contributed by atoms with Crippen LogP contribution in [0.1, 0.15) is 26.3 Å². The van der Waals surface area contributed by atoms with Crippen molar-refractivity contribution in [3.05, 3.63) is 101 Å². The van der Waals surface area contributed by atoms with Crippen molar-refractivity contribution in [3.63, 3.8) is 0 Å². The molecule has 8 nitrogen and oxygen atoms in total. The van der Waals surface area contributed by atoms with E-state index in [1.54, 1.807) is 39.0 Å². The molecule has 0 radical (unpaired) electrons. The molecular formula is C26H27N3O5. The van der Waals surface area contributed by atoms with Gasteiger partial charge < -0.3 is 10.1 Å². The van der Waals surface area contributed by atoms with Crippen LogP contribution in [0, 0.1) is 10.1 Å². The molecule has 1 atom stereocenters. The summed E-state index contributed by atoms with van der Waals surface area (Å²) >= 11 is 0. The normalized spacial score (nSPS) is 11.9. The molecule has 0 saturated heterocycles. The first-order valence-electron chi connectivity index (χ1n) is 10.8. The smallest absolute Gasteiger partial charge is 0.408 e. The van der Waals surface area contributed by atoms with Crippen LogP contribution in [0.2, 0.25) is 0 Å². The highest BCUT2D eigenvalue weighted by Crippen LogP contribution is 2.21. The molecule has 0 aliphatic carbocycles. The second-order valence-electron chi connectivity index (χ2n) is 8.69. The SMILES string of the molecule is CC(C)(C)OC(=O)NC(Cc1ccc(-c2ccccc2)cc1)C(=O)N(c1ccccc1)[N+](=O)[O-]. The lowest BCUT2D eigenvalue weighted by Gasteiger charge is -2.24. The van der Waals surface area contributed by atoms with Gasteiger partial charge in [0.1, 0.15) is 17.3 Å². The average Bonchev–Trinajstić information content (AvgIpc) is 2.79. The Balaban J connectivity index is 1.87. The lowest BCUT2D eigenvalue weighted by atomic mass is 10.00. The minimum absolute atomic E-state index is 0.0460. The fourth-order valence-electron chi connectivity index (χ4n) is 3.37. The highest BCUT2D eigenvalue weighted by molar-refractivity contribution is 5.97. The van der Waals surface area contributed by atoms with Crippen LogP contribution in [0.3, 0.4) is 0 Å². The van der Waals surface area contributed by atoms with Gasteiger partial charge in [-0.2, -0.15) is 0 Å². The van der Waals surface area contributed by atoms with Crippen molar-refractivity contribution >= 4 is 17.7 Å². The number of carbonyl (C=O) groups is 2. The molecule has 1 unspecified atom stereocenters. The second kappa shape index (κ2) is 10.6. The van der Waals surface area contributed by atoms with E-state index in [0.717, 1.165) is 16.7 Å².